The molecule has 0 saturated heterocycles. The average molecular weight is 492 g/mol. The molecule has 0 bridgehead atoms. The second-order valence-electron chi connectivity index (χ2n) is 7.56. The molecule has 4 rings (SSSR count). The Kier molecular flexibility index (Phi) is 7.57. The van der Waals surface area contributed by atoms with Crippen LogP contribution in [0.4, 0.5) is 10.1 Å². The fraction of sp³-hybridized carbons (Fsp3) is 0.154. The van der Waals surface area contributed by atoms with Gasteiger partial charge in [-0.05, 0) is 61.0 Å². The zero-order valence-electron chi connectivity index (χ0n) is 18.9. The minimum absolute atomic E-state index is 0.00776. The zero-order valence-corrected chi connectivity index (χ0v) is 19.7. The van der Waals surface area contributed by atoms with Gasteiger partial charge in [0.25, 0.3) is 5.56 Å². The van der Waals surface area contributed by atoms with Crippen molar-refractivity contribution in [2.75, 3.05) is 17.7 Å². The number of anilines is 1. The van der Waals surface area contributed by atoms with Crippen LogP contribution in [-0.4, -0.2) is 33.8 Å². The Bertz CT molecular complexity index is 1420. The lowest BCUT2D eigenvalue weighted by atomic mass is 10.2. The molecule has 0 aliphatic rings. The highest BCUT2D eigenvalue weighted by molar-refractivity contribution is 7.99. The van der Waals surface area contributed by atoms with E-state index in [4.69, 9.17) is 4.74 Å². The number of hydrogen-bond acceptors (Lipinski definition) is 6. The van der Waals surface area contributed by atoms with Gasteiger partial charge in [-0.25, -0.2) is 14.2 Å². The first-order valence-corrected chi connectivity index (χ1v) is 11.9. The maximum atomic E-state index is 13.3. The number of para-hydroxylation sites is 1. The van der Waals surface area contributed by atoms with Crippen molar-refractivity contribution in [3.8, 4) is 0 Å². The minimum atomic E-state index is -0.428. The predicted molar refractivity (Wildman–Crippen MR) is 133 cm³/mol. The first-order valence-electron chi connectivity index (χ1n) is 10.9. The molecule has 9 heteroatoms. The van der Waals surface area contributed by atoms with E-state index in [9.17, 15) is 18.8 Å². The molecule has 1 aromatic heterocycles. The molecule has 4 aromatic rings. The number of carbonyl (C=O) groups excluding carboxylic acids is 2. The number of fused-ring (bicyclic) bond motifs is 1. The Labute approximate surface area is 205 Å². The second-order valence-corrected chi connectivity index (χ2v) is 8.51. The normalized spacial score (nSPS) is 10.8. The molecule has 35 heavy (non-hydrogen) atoms. The van der Waals surface area contributed by atoms with Crippen molar-refractivity contribution < 1.29 is 18.7 Å². The summed E-state index contributed by atoms with van der Waals surface area (Å²) in [5, 5.41) is 3.61. The third kappa shape index (κ3) is 5.93. The van der Waals surface area contributed by atoms with Gasteiger partial charge in [0.2, 0.25) is 5.91 Å². The summed E-state index contributed by atoms with van der Waals surface area (Å²) < 4.78 is 19.8. The summed E-state index contributed by atoms with van der Waals surface area (Å²) in [5.41, 5.74) is 1.95. The van der Waals surface area contributed by atoms with Crippen molar-refractivity contribution in [2.45, 2.75) is 18.6 Å². The molecule has 178 valence electrons. The third-order valence-electron chi connectivity index (χ3n) is 5.09. The monoisotopic (exact) mass is 491 g/mol. The van der Waals surface area contributed by atoms with Gasteiger partial charge >= 0.3 is 5.97 Å². The van der Waals surface area contributed by atoms with Crippen molar-refractivity contribution in [3.05, 3.63) is 100 Å². The van der Waals surface area contributed by atoms with E-state index in [-0.39, 0.29) is 36.2 Å². The van der Waals surface area contributed by atoms with Crippen molar-refractivity contribution >= 4 is 40.2 Å². The lowest BCUT2D eigenvalue weighted by Crippen LogP contribution is -2.25. The highest BCUT2D eigenvalue weighted by Crippen LogP contribution is 2.20. The highest BCUT2D eigenvalue weighted by atomic mass is 32.2. The molecule has 0 saturated carbocycles. The molecule has 7 nitrogen and oxygen atoms in total. The number of carbonyl (C=O) groups is 2. The smallest absolute Gasteiger partial charge is 0.338 e. The lowest BCUT2D eigenvalue weighted by molar-refractivity contribution is -0.113. The summed E-state index contributed by atoms with van der Waals surface area (Å²) in [6.07, 6.45) is 0. The summed E-state index contributed by atoms with van der Waals surface area (Å²) in [6.45, 7) is 2.20. The van der Waals surface area contributed by atoms with Gasteiger partial charge in [-0.3, -0.25) is 14.2 Å². The highest BCUT2D eigenvalue weighted by Gasteiger charge is 2.14. The summed E-state index contributed by atoms with van der Waals surface area (Å²) in [4.78, 5) is 42.1. The third-order valence-corrected chi connectivity index (χ3v) is 6.07. The van der Waals surface area contributed by atoms with Gasteiger partial charge in [-0.1, -0.05) is 36.0 Å². The van der Waals surface area contributed by atoms with E-state index in [1.54, 1.807) is 67.6 Å². The fourth-order valence-corrected chi connectivity index (χ4v) is 4.20. The number of thioether (sulfide) groups is 1. The quantitative estimate of drug-likeness (QED) is 0.222. The molecule has 0 unspecified atom stereocenters. The van der Waals surface area contributed by atoms with Crippen LogP contribution in [0.2, 0.25) is 0 Å². The predicted octanol–water partition coefficient (Wildman–Crippen LogP) is 4.49. The Morgan fingerprint density at radius 2 is 1.74 bits per heavy atom. The summed E-state index contributed by atoms with van der Waals surface area (Å²) in [7, 11) is 0. The topological polar surface area (TPSA) is 90.3 Å². The van der Waals surface area contributed by atoms with Gasteiger partial charge in [0.1, 0.15) is 5.82 Å². The van der Waals surface area contributed by atoms with Crippen molar-refractivity contribution in [1.82, 2.24) is 9.55 Å². The molecule has 1 N–H and O–H groups in total. The maximum absolute atomic E-state index is 13.3. The van der Waals surface area contributed by atoms with E-state index in [1.165, 1.54) is 16.7 Å². The molecule has 0 radical (unpaired) electrons. The SMILES string of the molecule is CCOC(=O)c1ccc(NC(=O)CSc2nc3ccccc3c(=O)n2Cc2ccc(F)cc2)cc1. The molecule has 0 atom stereocenters. The Morgan fingerprint density at radius 1 is 1.03 bits per heavy atom. The fourth-order valence-electron chi connectivity index (χ4n) is 3.40. The Morgan fingerprint density at radius 3 is 2.46 bits per heavy atom. The van der Waals surface area contributed by atoms with Crippen LogP contribution in [0.1, 0.15) is 22.8 Å². The van der Waals surface area contributed by atoms with Crippen LogP contribution in [0.5, 0.6) is 0 Å². The van der Waals surface area contributed by atoms with Gasteiger partial charge < -0.3 is 10.1 Å². The number of esters is 1. The van der Waals surface area contributed by atoms with Gasteiger partial charge in [0, 0.05) is 5.69 Å². The summed E-state index contributed by atoms with van der Waals surface area (Å²) >= 11 is 1.13. The van der Waals surface area contributed by atoms with Crippen LogP contribution in [0.15, 0.2) is 82.7 Å². The van der Waals surface area contributed by atoms with Crippen molar-refractivity contribution in [3.63, 3.8) is 0 Å². The molecule has 1 heterocycles. The number of ether oxygens (including phenoxy) is 1. The number of rotatable bonds is 8. The van der Waals surface area contributed by atoms with Gasteiger partial charge in [0.15, 0.2) is 5.16 Å². The van der Waals surface area contributed by atoms with Crippen LogP contribution < -0.4 is 10.9 Å². The molecule has 0 spiro atoms. The largest absolute Gasteiger partial charge is 0.462 e. The van der Waals surface area contributed by atoms with E-state index in [2.05, 4.69) is 10.3 Å². The van der Waals surface area contributed by atoms with E-state index in [1.807, 2.05) is 0 Å². The lowest BCUT2D eigenvalue weighted by Gasteiger charge is -2.13. The molecular weight excluding hydrogens is 469 g/mol. The van der Waals surface area contributed by atoms with E-state index in [0.29, 0.717) is 27.3 Å². The van der Waals surface area contributed by atoms with Crippen LogP contribution >= 0.6 is 11.8 Å². The van der Waals surface area contributed by atoms with Gasteiger partial charge in [-0.2, -0.15) is 0 Å². The number of benzene rings is 3. The van der Waals surface area contributed by atoms with Crippen LogP contribution in [0.3, 0.4) is 0 Å². The number of nitrogens with one attached hydrogen (secondary N) is 1. The molecule has 0 aliphatic carbocycles. The summed E-state index contributed by atoms with van der Waals surface area (Å²) in [6, 6.07) is 19.3. The molecular formula is C26H22FN3O4S. The van der Waals surface area contributed by atoms with Crippen molar-refractivity contribution in [1.29, 1.82) is 0 Å². The number of halogens is 1. The Hall–Kier alpha value is -3.98. The Balaban J connectivity index is 1.52. The van der Waals surface area contributed by atoms with Crippen LogP contribution in [0.25, 0.3) is 10.9 Å². The first kappa shape index (κ1) is 24.2. The summed E-state index contributed by atoms with van der Waals surface area (Å²) in [5.74, 6) is -1.08. The second kappa shape index (κ2) is 11.0. The first-order chi connectivity index (χ1) is 16.9. The van der Waals surface area contributed by atoms with Crippen molar-refractivity contribution in [2.24, 2.45) is 0 Å². The molecule has 0 fully saturated rings. The maximum Gasteiger partial charge on any atom is 0.338 e. The van der Waals surface area contributed by atoms with Crippen LogP contribution in [0, 0.1) is 5.82 Å². The zero-order chi connectivity index (χ0) is 24.8. The number of nitrogens with zero attached hydrogens (tertiary/aromatic N) is 2. The van der Waals surface area contributed by atoms with E-state index in [0.717, 1.165) is 17.3 Å². The standard InChI is InChI=1S/C26H22FN3O4S/c1-2-34-25(33)18-9-13-20(14-10-18)28-23(31)16-35-26-29-22-6-4-3-5-21(22)24(32)30(26)15-17-7-11-19(27)12-8-17/h3-14H,2,15-16H2,1H3,(H,28,31). The molecule has 1 amide bonds. The molecule has 3 aromatic carbocycles. The van der Waals surface area contributed by atoms with Crippen LogP contribution in [-0.2, 0) is 16.1 Å². The number of aromatic nitrogens is 2. The number of hydrogen-bond donors (Lipinski definition) is 1. The van der Waals surface area contributed by atoms with Gasteiger partial charge in [-0.15, -0.1) is 0 Å². The van der Waals surface area contributed by atoms with E-state index < -0.39 is 5.97 Å². The minimum Gasteiger partial charge on any atom is -0.462 e. The van der Waals surface area contributed by atoms with E-state index >= 15 is 0 Å². The molecule has 0 aliphatic heterocycles. The van der Waals surface area contributed by atoms with Gasteiger partial charge in [0.05, 0.1) is 35.4 Å². The number of amides is 1. The average Bonchev–Trinajstić information content (AvgIpc) is 2.86.